The Labute approximate surface area is 50.2 Å². The van der Waals surface area contributed by atoms with E-state index in [1.807, 2.05) is 0 Å². The van der Waals surface area contributed by atoms with Crippen molar-refractivity contribution in [2.24, 2.45) is 0 Å². The van der Waals surface area contributed by atoms with Crippen molar-refractivity contribution in [2.45, 2.75) is 19.5 Å². The topological polar surface area (TPSA) is 9.23 Å². The largest absolute Gasteiger partial charge is 0.464 e. The average Bonchev–Trinajstić information content (AvgIpc) is 1.86. The highest BCUT2D eigenvalue weighted by atomic mass is 28.4. The van der Waals surface area contributed by atoms with E-state index in [1.165, 1.54) is 6.55 Å². The Morgan fingerprint density at radius 1 is 2.17 bits per heavy atom. The highest BCUT2D eigenvalue weighted by Gasteiger charge is 2.08. The maximum atomic E-state index is 7.08. The lowest BCUT2D eigenvalue weighted by atomic mass is 11.8. The molecule has 0 aromatic carbocycles. The van der Waals surface area contributed by atoms with E-state index < -0.39 is 25.2 Å². The van der Waals surface area contributed by atoms with Crippen molar-refractivity contribution in [3.63, 3.8) is 0 Å². The van der Waals surface area contributed by atoms with E-state index in [4.69, 9.17) is 10.8 Å². The first-order chi connectivity index (χ1) is 4.87. The van der Waals surface area contributed by atoms with Gasteiger partial charge in [0.15, 0.2) is 8.32 Å². The van der Waals surface area contributed by atoms with Gasteiger partial charge in [-0.25, -0.2) is 0 Å². The van der Waals surface area contributed by atoms with Gasteiger partial charge in [-0.3, -0.25) is 0 Å². The summed E-state index contributed by atoms with van der Waals surface area (Å²) in [4.78, 5) is 0. The van der Waals surface area contributed by atoms with E-state index in [1.54, 1.807) is 0 Å². The van der Waals surface area contributed by atoms with Gasteiger partial charge in [-0.15, -0.1) is 0 Å². The molecule has 0 rings (SSSR count). The zero-order valence-corrected chi connectivity index (χ0v) is 6.24. The molecule has 0 aromatic heterocycles. The molecule has 0 radical (unpaired) electrons. The Morgan fingerprint density at radius 3 is 3.17 bits per heavy atom. The summed E-state index contributed by atoms with van der Waals surface area (Å²) >= 11 is 0. The number of hydrogen-bond acceptors (Lipinski definition) is 1. The summed E-state index contributed by atoms with van der Waals surface area (Å²) in [6.07, 6.45) is 0. The third-order valence-corrected chi connectivity index (χ3v) is 2.87. The molecule has 0 aromatic rings. The molecule has 0 aliphatic carbocycles. The molecule has 0 saturated heterocycles. The minimum atomic E-state index is -2.88. The second kappa shape index (κ2) is 1.90. The zero-order chi connectivity index (χ0) is 9.12. The van der Waals surface area contributed by atoms with Gasteiger partial charge in [0.25, 0.3) is 0 Å². The molecule has 0 bridgehead atoms. The Morgan fingerprint density at radius 2 is 3.00 bits per heavy atom. The van der Waals surface area contributed by atoms with Crippen LogP contribution in [0.3, 0.4) is 0 Å². The van der Waals surface area contributed by atoms with Crippen LogP contribution >= 0.6 is 0 Å². The molecule has 0 aliphatic rings. The SMILES string of the molecule is [2H]C[Si](C)(O[SiH2][2H])C([2H])([2H])[2H]. The van der Waals surface area contributed by atoms with E-state index in [-0.39, 0.29) is 6.52 Å². The maximum absolute atomic E-state index is 7.08. The smallest absolute Gasteiger partial charge is 0.169 e. The van der Waals surface area contributed by atoms with Crippen molar-refractivity contribution in [1.29, 1.82) is 1.23 Å². The molecule has 6 heavy (non-hydrogen) atoms. The van der Waals surface area contributed by atoms with Crippen molar-refractivity contribution in [1.82, 2.24) is 0 Å². The summed E-state index contributed by atoms with van der Waals surface area (Å²) < 4.78 is 40.1. The fourth-order valence-electron chi connectivity index (χ4n) is 0. The fourth-order valence-corrected chi connectivity index (χ4v) is 0. The molecule has 0 fully saturated rings. The van der Waals surface area contributed by atoms with E-state index >= 15 is 0 Å². The van der Waals surface area contributed by atoms with Crippen LogP contribution in [-0.2, 0) is 4.12 Å². The molecular weight excluding hydrogens is 108 g/mol. The highest BCUT2D eigenvalue weighted by molar-refractivity contribution is 6.72. The summed E-state index contributed by atoms with van der Waals surface area (Å²) in [6, 6.07) is 0. The summed E-state index contributed by atoms with van der Waals surface area (Å²) in [5, 5.41) is 0. The summed E-state index contributed by atoms with van der Waals surface area (Å²) in [7, 11) is -4.33. The molecule has 0 N–H and O–H groups in total. The fraction of sp³-hybridized carbons (Fsp3) is 1.00. The normalized spacial score (nSPS) is 35.8. The van der Waals surface area contributed by atoms with Gasteiger partial charge in [0.05, 0.1) is 0 Å². The summed E-state index contributed by atoms with van der Waals surface area (Å²) in [5.41, 5.74) is 0. The van der Waals surface area contributed by atoms with E-state index in [0.717, 1.165) is 0 Å². The first kappa shape index (κ1) is 1.72. The second-order valence-electron chi connectivity index (χ2n) is 1.38. The summed E-state index contributed by atoms with van der Waals surface area (Å²) in [5.74, 6) is 0. The van der Waals surface area contributed by atoms with E-state index in [0.29, 0.717) is 0 Å². The minimum Gasteiger partial charge on any atom is -0.464 e. The minimum absolute atomic E-state index is 0.185. The van der Waals surface area contributed by atoms with Gasteiger partial charge < -0.3 is 4.12 Å². The lowest BCUT2D eigenvalue weighted by molar-refractivity contribution is 0.620. The molecule has 38 valence electrons. The van der Waals surface area contributed by atoms with Gasteiger partial charge in [-0.2, -0.15) is 0 Å². The predicted molar refractivity (Wildman–Crippen MR) is 34.4 cm³/mol. The van der Waals surface area contributed by atoms with Gasteiger partial charge in [0.2, 0.25) is 0 Å². The highest BCUT2D eigenvalue weighted by Crippen LogP contribution is 1.96. The van der Waals surface area contributed by atoms with E-state index in [2.05, 4.69) is 0 Å². The third kappa shape index (κ3) is 4.39. The quantitative estimate of drug-likeness (QED) is 0.476. The first-order valence-electron chi connectivity index (χ1n) is 4.51. The Bertz CT molecular complexity index is 127. The standard InChI is InChI=1S/C3H12OSi2/c1-6(2,3)4-5/h1-3,5H3/i1D,2D3,5D. The van der Waals surface area contributed by atoms with Gasteiger partial charge in [0, 0.05) is 6.72 Å². The van der Waals surface area contributed by atoms with Crippen molar-refractivity contribution in [2.75, 3.05) is 0 Å². The van der Waals surface area contributed by atoms with Crippen molar-refractivity contribution >= 4 is 18.7 Å². The average molecular weight is 125 g/mol. The Kier molecular flexibility index (Phi) is 0.547. The van der Waals surface area contributed by atoms with Gasteiger partial charge in [-0.1, -0.05) is 0 Å². The molecule has 0 aliphatic heterocycles. The first-order valence-corrected chi connectivity index (χ1v) is 4.79. The van der Waals surface area contributed by atoms with Gasteiger partial charge >= 0.3 is 0 Å². The Balaban J connectivity index is 4.33. The lowest BCUT2D eigenvalue weighted by Gasteiger charge is -2.11. The predicted octanol–water partition coefficient (Wildman–Crippen LogP) is 0.118. The van der Waals surface area contributed by atoms with Crippen LogP contribution in [-0.4, -0.2) is 20.0 Å². The lowest BCUT2D eigenvalue weighted by Crippen LogP contribution is -2.23. The van der Waals surface area contributed by atoms with Crippen molar-refractivity contribution in [3.05, 3.63) is 0 Å². The number of hydrogen-bond donors (Lipinski definition) is 0. The third-order valence-electron chi connectivity index (χ3n) is 0.319. The molecule has 1 atom stereocenters. The second-order valence-corrected chi connectivity index (χ2v) is 4.99. The van der Waals surface area contributed by atoms with Crippen LogP contribution in [0.1, 0.15) is 5.48 Å². The molecule has 1 unspecified atom stereocenters. The molecule has 0 heterocycles. The summed E-state index contributed by atoms with van der Waals surface area (Å²) in [6.45, 7) is -0.841. The molecule has 1 nitrogen and oxygen atoms in total. The monoisotopic (exact) mass is 125 g/mol. The molecular formula is C3H12OSi2. The Hall–Kier alpha value is 0.394. The van der Waals surface area contributed by atoms with Crippen molar-refractivity contribution in [3.8, 4) is 0 Å². The molecule has 0 spiro atoms. The zero-order valence-electron chi connectivity index (χ0n) is 8.82. The van der Waals surface area contributed by atoms with Crippen LogP contribution in [0, 0.1) is 0 Å². The molecule has 0 amide bonds. The van der Waals surface area contributed by atoms with Crippen LogP contribution in [0.25, 0.3) is 0 Å². The van der Waals surface area contributed by atoms with Crippen LogP contribution in [0.2, 0.25) is 19.5 Å². The van der Waals surface area contributed by atoms with Crippen LogP contribution < -0.4 is 0 Å². The molecule has 0 saturated carbocycles. The molecule has 3 heteroatoms. The van der Waals surface area contributed by atoms with Gasteiger partial charge in [-0.05, 0) is 19.5 Å². The van der Waals surface area contributed by atoms with Crippen LogP contribution in [0.5, 0.6) is 0 Å². The van der Waals surface area contributed by atoms with E-state index in [9.17, 15) is 0 Å². The van der Waals surface area contributed by atoms with Crippen LogP contribution in [0.15, 0.2) is 0 Å². The maximum Gasteiger partial charge on any atom is 0.169 e. The van der Waals surface area contributed by atoms with Crippen molar-refractivity contribution < 1.29 is 9.60 Å². The van der Waals surface area contributed by atoms with Gasteiger partial charge in [0.1, 0.15) is 10.4 Å². The number of rotatable bonds is 2. The van der Waals surface area contributed by atoms with Crippen LogP contribution in [0.4, 0.5) is 0 Å².